The number of hydrogen-bond acceptors (Lipinski definition) is 5. The molecule has 13 heavy (non-hydrogen) atoms. The molecule has 0 unspecified atom stereocenters. The third kappa shape index (κ3) is 1.80. The molecule has 2 heterocycles. The van der Waals surface area contributed by atoms with Crippen LogP contribution < -0.4 is 10.2 Å². The van der Waals surface area contributed by atoms with Gasteiger partial charge in [-0.1, -0.05) is 12.0 Å². The molecule has 0 radical (unpaired) electrons. The zero-order valence-electron chi connectivity index (χ0n) is 7.79. The lowest BCUT2D eigenvalue weighted by atomic mass is 10.4. The normalized spacial score (nSPS) is 17.8. The molecule has 1 aliphatic heterocycles. The van der Waals surface area contributed by atoms with Gasteiger partial charge in [-0.25, -0.2) is 0 Å². The van der Waals surface area contributed by atoms with E-state index in [0.717, 1.165) is 32.6 Å². The molecule has 5 nitrogen and oxygen atoms in total. The molecule has 1 aromatic rings. The first-order valence-electron chi connectivity index (χ1n) is 4.68. The van der Waals surface area contributed by atoms with Crippen LogP contribution in [0.15, 0.2) is 4.42 Å². The highest BCUT2D eigenvalue weighted by atomic mass is 16.4. The largest absolute Gasteiger partial charge is 0.408 e. The first-order chi connectivity index (χ1) is 6.40. The molecule has 1 fully saturated rings. The number of anilines is 1. The van der Waals surface area contributed by atoms with E-state index in [1.54, 1.807) is 0 Å². The van der Waals surface area contributed by atoms with Crippen molar-refractivity contribution >= 4 is 6.01 Å². The van der Waals surface area contributed by atoms with Crippen molar-refractivity contribution in [2.24, 2.45) is 0 Å². The van der Waals surface area contributed by atoms with Crippen LogP contribution in [0.4, 0.5) is 6.01 Å². The second-order valence-corrected chi connectivity index (χ2v) is 3.07. The molecule has 0 amide bonds. The van der Waals surface area contributed by atoms with E-state index < -0.39 is 0 Å². The highest BCUT2D eigenvalue weighted by Crippen LogP contribution is 2.12. The van der Waals surface area contributed by atoms with Crippen LogP contribution in [0.25, 0.3) is 0 Å². The maximum absolute atomic E-state index is 5.45. The Labute approximate surface area is 77.1 Å². The van der Waals surface area contributed by atoms with Gasteiger partial charge in [-0.3, -0.25) is 0 Å². The Morgan fingerprint density at radius 1 is 1.38 bits per heavy atom. The number of piperazine rings is 1. The number of aromatic nitrogens is 2. The topological polar surface area (TPSA) is 54.2 Å². The Hall–Kier alpha value is -1.10. The molecule has 0 aliphatic carbocycles. The van der Waals surface area contributed by atoms with Gasteiger partial charge in [-0.05, 0) is 0 Å². The van der Waals surface area contributed by atoms with Crippen molar-refractivity contribution in [2.75, 3.05) is 31.1 Å². The highest BCUT2D eigenvalue weighted by Gasteiger charge is 2.15. The van der Waals surface area contributed by atoms with Crippen molar-refractivity contribution in [1.29, 1.82) is 0 Å². The van der Waals surface area contributed by atoms with Crippen LogP contribution in [-0.2, 0) is 6.42 Å². The summed E-state index contributed by atoms with van der Waals surface area (Å²) in [7, 11) is 0. The lowest BCUT2D eigenvalue weighted by molar-refractivity contribution is 0.469. The third-order valence-electron chi connectivity index (χ3n) is 2.15. The van der Waals surface area contributed by atoms with Crippen molar-refractivity contribution in [1.82, 2.24) is 15.5 Å². The minimum absolute atomic E-state index is 0.665. The summed E-state index contributed by atoms with van der Waals surface area (Å²) in [4.78, 5) is 2.11. The molecular weight excluding hydrogens is 168 g/mol. The smallest absolute Gasteiger partial charge is 0.318 e. The van der Waals surface area contributed by atoms with Crippen LogP contribution in [0, 0.1) is 0 Å². The highest BCUT2D eigenvalue weighted by molar-refractivity contribution is 5.24. The van der Waals surface area contributed by atoms with Crippen LogP contribution in [0.1, 0.15) is 12.8 Å². The number of aryl methyl sites for hydroxylation is 1. The molecule has 0 atom stereocenters. The number of nitrogens with one attached hydrogen (secondary N) is 1. The molecule has 0 bridgehead atoms. The van der Waals surface area contributed by atoms with E-state index in [0.29, 0.717) is 11.9 Å². The Kier molecular flexibility index (Phi) is 2.44. The van der Waals surface area contributed by atoms with Gasteiger partial charge in [0, 0.05) is 32.6 Å². The van der Waals surface area contributed by atoms with Gasteiger partial charge in [0.15, 0.2) is 0 Å². The fourth-order valence-electron chi connectivity index (χ4n) is 1.37. The second kappa shape index (κ2) is 3.74. The van der Waals surface area contributed by atoms with Gasteiger partial charge in [0.2, 0.25) is 5.89 Å². The summed E-state index contributed by atoms with van der Waals surface area (Å²) in [5, 5.41) is 11.2. The lowest BCUT2D eigenvalue weighted by Crippen LogP contribution is -2.43. The van der Waals surface area contributed by atoms with E-state index in [1.165, 1.54) is 0 Å². The lowest BCUT2D eigenvalue weighted by Gasteiger charge is -2.24. The van der Waals surface area contributed by atoms with Crippen molar-refractivity contribution in [3.05, 3.63) is 5.89 Å². The van der Waals surface area contributed by atoms with E-state index in [1.807, 2.05) is 6.92 Å². The quantitative estimate of drug-likeness (QED) is 0.700. The maximum atomic E-state index is 5.45. The molecule has 1 N–H and O–H groups in total. The zero-order chi connectivity index (χ0) is 9.10. The van der Waals surface area contributed by atoms with Crippen LogP contribution in [-0.4, -0.2) is 36.4 Å². The predicted molar refractivity (Wildman–Crippen MR) is 48.8 cm³/mol. The van der Waals surface area contributed by atoms with E-state index in [-0.39, 0.29) is 0 Å². The maximum Gasteiger partial charge on any atom is 0.318 e. The third-order valence-corrected chi connectivity index (χ3v) is 2.15. The van der Waals surface area contributed by atoms with E-state index in [9.17, 15) is 0 Å². The van der Waals surface area contributed by atoms with Crippen molar-refractivity contribution in [2.45, 2.75) is 13.3 Å². The summed E-state index contributed by atoms with van der Waals surface area (Å²) < 4.78 is 5.45. The summed E-state index contributed by atoms with van der Waals surface area (Å²) in [5.41, 5.74) is 0. The van der Waals surface area contributed by atoms with E-state index >= 15 is 0 Å². The van der Waals surface area contributed by atoms with Crippen LogP contribution in [0.2, 0.25) is 0 Å². The molecule has 0 spiro atoms. The Balaban J connectivity index is 2.05. The van der Waals surface area contributed by atoms with Crippen molar-refractivity contribution in [3.63, 3.8) is 0 Å². The average Bonchev–Trinajstić information content (AvgIpc) is 2.67. The summed E-state index contributed by atoms with van der Waals surface area (Å²) in [5.74, 6) is 0.716. The summed E-state index contributed by atoms with van der Waals surface area (Å²) in [6, 6.07) is 0.665. The van der Waals surface area contributed by atoms with Gasteiger partial charge in [0.25, 0.3) is 0 Å². The minimum Gasteiger partial charge on any atom is -0.408 e. The van der Waals surface area contributed by atoms with E-state index in [4.69, 9.17) is 4.42 Å². The zero-order valence-corrected chi connectivity index (χ0v) is 7.79. The predicted octanol–water partition coefficient (Wildman–Crippen LogP) is 0.0416. The van der Waals surface area contributed by atoms with Crippen LogP contribution in [0.5, 0.6) is 0 Å². The fourth-order valence-corrected chi connectivity index (χ4v) is 1.37. The Morgan fingerprint density at radius 3 is 2.77 bits per heavy atom. The number of hydrogen-bond donors (Lipinski definition) is 1. The Bertz CT molecular complexity index is 267. The van der Waals surface area contributed by atoms with Gasteiger partial charge in [-0.2, -0.15) is 0 Å². The van der Waals surface area contributed by atoms with Crippen molar-refractivity contribution < 1.29 is 4.42 Å². The van der Waals surface area contributed by atoms with Gasteiger partial charge in [0.05, 0.1) is 0 Å². The van der Waals surface area contributed by atoms with Crippen LogP contribution >= 0.6 is 0 Å². The molecule has 72 valence electrons. The minimum atomic E-state index is 0.665. The van der Waals surface area contributed by atoms with Crippen molar-refractivity contribution in [3.8, 4) is 0 Å². The molecule has 1 saturated heterocycles. The molecule has 0 aromatic carbocycles. The average molecular weight is 182 g/mol. The molecule has 0 saturated carbocycles. The monoisotopic (exact) mass is 182 g/mol. The molecule has 2 rings (SSSR count). The summed E-state index contributed by atoms with van der Waals surface area (Å²) >= 11 is 0. The van der Waals surface area contributed by atoms with E-state index in [2.05, 4.69) is 20.4 Å². The van der Waals surface area contributed by atoms with Gasteiger partial charge in [-0.15, -0.1) is 5.10 Å². The standard InChI is InChI=1S/C8H14N4O/c1-2-7-10-11-8(13-7)12-5-3-9-4-6-12/h9H,2-6H2,1H3. The van der Waals surface area contributed by atoms with Gasteiger partial charge < -0.3 is 14.6 Å². The molecule has 1 aromatic heterocycles. The second-order valence-electron chi connectivity index (χ2n) is 3.07. The SMILES string of the molecule is CCc1nnc(N2CCNCC2)o1. The molecule has 5 heteroatoms. The van der Waals surface area contributed by atoms with Gasteiger partial charge in [0.1, 0.15) is 0 Å². The Morgan fingerprint density at radius 2 is 2.15 bits per heavy atom. The van der Waals surface area contributed by atoms with Gasteiger partial charge >= 0.3 is 6.01 Å². The fraction of sp³-hybridized carbons (Fsp3) is 0.750. The number of rotatable bonds is 2. The molecular formula is C8H14N4O. The summed E-state index contributed by atoms with van der Waals surface area (Å²) in [6.07, 6.45) is 0.805. The first-order valence-corrected chi connectivity index (χ1v) is 4.68. The first kappa shape index (κ1) is 8.50. The summed E-state index contributed by atoms with van der Waals surface area (Å²) in [6.45, 7) is 5.89. The van der Waals surface area contributed by atoms with Crippen LogP contribution in [0.3, 0.4) is 0 Å². The molecule has 1 aliphatic rings. The number of nitrogens with zero attached hydrogens (tertiary/aromatic N) is 3.